The SMILES string of the molecule is COCC(C)N(C)S(=O)(=O)c1ccc(Cl)c(CO)c1. The number of ether oxygens (including phenoxy) is 1. The molecule has 0 saturated heterocycles. The maximum absolute atomic E-state index is 12.4. The zero-order chi connectivity index (χ0) is 14.6. The number of sulfonamides is 1. The highest BCUT2D eigenvalue weighted by Crippen LogP contribution is 2.23. The van der Waals surface area contributed by atoms with Gasteiger partial charge in [0.05, 0.1) is 18.1 Å². The minimum absolute atomic E-state index is 0.103. The number of rotatable bonds is 6. The summed E-state index contributed by atoms with van der Waals surface area (Å²) in [4.78, 5) is 0.103. The number of hydrogen-bond acceptors (Lipinski definition) is 4. The molecule has 0 saturated carbocycles. The normalized spacial score (nSPS) is 13.8. The van der Waals surface area contributed by atoms with Gasteiger partial charge in [-0.05, 0) is 30.7 Å². The third-order valence-electron chi connectivity index (χ3n) is 2.89. The first kappa shape index (κ1) is 16.4. The van der Waals surface area contributed by atoms with E-state index in [4.69, 9.17) is 21.4 Å². The maximum Gasteiger partial charge on any atom is 0.243 e. The minimum atomic E-state index is -3.63. The van der Waals surface area contributed by atoms with Gasteiger partial charge in [-0.2, -0.15) is 4.31 Å². The molecule has 1 aromatic carbocycles. The summed E-state index contributed by atoms with van der Waals surface area (Å²) in [5, 5.41) is 9.47. The van der Waals surface area contributed by atoms with E-state index in [1.165, 1.54) is 36.7 Å². The molecule has 0 aliphatic rings. The van der Waals surface area contributed by atoms with Crippen LogP contribution in [0, 0.1) is 0 Å². The van der Waals surface area contributed by atoms with Crippen molar-refractivity contribution in [1.82, 2.24) is 4.31 Å². The Labute approximate surface area is 118 Å². The Morgan fingerprint density at radius 2 is 2.11 bits per heavy atom. The number of hydrogen-bond donors (Lipinski definition) is 1. The minimum Gasteiger partial charge on any atom is -0.392 e. The molecule has 1 unspecified atom stereocenters. The van der Waals surface area contributed by atoms with E-state index in [1.54, 1.807) is 6.92 Å². The molecular weight excluding hydrogens is 290 g/mol. The van der Waals surface area contributed by atoms with Gasteiger partial charge in [0.15, 0.2) is 0 Å². The first-order chi connectivity index (χ1) is 8.84. The topological polar surface area (TPSA) is 66.8 Å². The van der Waals surface area contributed by atoms with Crippen molar-refractivity contribution >= 4 is 21.6 Å². The smallest absolute Gasteiger partial charge is 0.243 e. The van der Waals surface area contributed by atoms with Crippen molar-refractivity contribution in [2.45, 2.75) is 24.5 Å². The predicted molar refractivity (Wildman–Crippen MR) is 73.7 cm³/mol. The van der Waals surface area contributed by atoms with Crippen LogP contribution in [0.1, 0.15) is 12.5 Å². The molecule has 0 bridgehead atoms. The molecule has 1 N–H and O–H groups in total. The lowest BCUT2D eigenvalue weighted by atomic mass is 10.2. The fourth-order valence-corrected chi connectivity index (χ4v) is 3.16. The summed E-state index contributed by atoms with van der Waals surface area (Å²) in [7, 11) is -0.617. The van der Waals surface area contributed by atoms with E-state index < -0.39 is 10.0 Å². The maximum atomic E-state index is 12.4. The van der Waals surface area contributed by atoms with Crippen LogP contribution < -0.4 is 0 Å². The largest absolute Gasteiger partial charge is 0.392 e. The van der Waals surface area contributed by atoms with E-state index in [9.17, 15) is 8.42 Å². The van der Waals surface area contributed by atoms with Crippen LogP contribution >= 0.6 is 11.6 Å². The van der Waals surface area contributed by atoms with Crippen LogP contribution in [0.5, 0.6) is 0 Å². The van der Waals surface area contributed by atoms with Gasteiger partial charge in [0.25, 0.3) is 0 Å². The van der Waals surface area contributed by atoms with Crippen LogP contribution in [0.3, 0.4) is 0 Å². The molecule has 0 aliphatic carbocycles. The summed E-state index contributed by atoms with van der Waals surface area (Å²) >= 11 is 5.85. The second-order valence-corrected chi connectivity index (χ2v) is 6.64. The zero-order valence-corrected chi connectivity index (χ0v) is 12.7. The van der Waals surface area contributed by atoms with Gasteiger partial charge in [0, 0.05) is 25.2 Å². The van der Waals surface area contributed by atoms with Gasteiger partial charge in [-0.25, -0.2) is 8.42 Å². The standard InChI is InChI=1S/C12H18ClNO4S/c1-9(8-18-3)14(2)19(16,17)11-4-5-12(13)10(6-11)7-15/h4-6,9,15H,7-8H2,1-3H3. The van der Waals surface area contributed by atoms with Crippen molar-refractivity contribution in [2.75, 3.05) is 20.8 Å². The monoisotopic (exact) mass is 307 g/mol. The van der Waals surface area contributed by atoms with E-state index in [-0.39, 0.29) is 17.5 Å². The van der Waals surface area contributed by atoms with Crippen LogP contribution in [-0.4, -0.2) is 44.6 Å². The first-order valence-corrected chi connectivity index (χ1v) is 7.52. The van der Waals surface area contributed by atoms with Crippen molar-refractivity contribution in [3.05, 3.63) is 28.8 Å². The van der Waals surface area contributed by atoms with Crippen molar-refractivity contribution in [1.29, 1.82) is 0 Å². The highest BCUT2D eigenvalue weighted by molar-refractivity contribution is 7.89. The highest BCUT2D eigenvalue weighted by atomic mass is 35.5. The lowest BCUT2D eigenvalue weighted by Crippen LogP contribution is -2.37. The number of methoxy groups -OCH3 is 1. The van der Waals surface area contributed by atoms with Gasteiger partial charge < -0.3 is 9.84 Å². The quantitative estimate of drug-likeness (QED) is 0.864. The average molecular weight is 308 g/mol. The molecular formula is C12H18ClNO4S. The molecule has 108 valence electrons. The van der Waals surface area contributed by atoms with Gasteiger partial charge in [-0.1, -0.05) is 11.6 Å². The lowest BCUT2D eigenvalue weighted by molar-refractivity contribution is 0.149. The molecule has 0 heterocycles. The Kier molecular flexibility index (Phi) is 5.76. The summed E-state index contributed by atoms with van der Waals surface area (Å²) in [5.74, 6) is 0. The lowest BCUT2D eigenvalue weighted by Gasteiger charge is -2.24. The second kappa shape index (κ2) is 6.67. The fourth-order valence-electron chi connectivity index (χ4n) is 1.58. The summed E-state index contributed by atoms with van der Waals surface area (Å²) in [5.41, 5.74) is 0.385. The summed E-state index contributed by atoms with van der Waals surface area (Å²) in [6, 6.07) is 3.98. The number of aliphatic hydroxyl groups excluding tert-OH is 1. The third kappa shape index (κ3) is 3.67. The van der Waals surface area contributed by atoms with Crippen LogP contribution in [0.2, 0.25) is 5.02 Å². The Balaban J connectivity index is 3.13. The number of benzene rings is 1. The van der Waals surface area contributed by atoms with E-state index in [1.807, 2.05) is 0 Å². The molecule has 0 aliphatic heterocycles. The number of halogens is 1. The molecule has 0 fully saturated rings. The Morgan fingerprint density at radius 1 is 1.47 bits per heavy atom. The molecule has 5 nitrogen and oxygen atoms in total. The Hall–Kier alpha value is -0.660. The van der Waals surface area contributed by atoms with E-state index in [0.717, 1.165) is 0 Å². The van der Waals surface area contributed by atoms with Gasteiger partial charge in [0.1, 0.15) is 0 Å². The molecule has 1 atom stereocenters. The summed E-state index contributed by atoms with van der Waals surface area (Å²) in [6.45, 7) is 1.75. The van der Waals surface area contributed by atoms with Crippen LogP contribution in [0.15, 0.2) is 23.1 Å². The molecule has 0 spiro atoms. The predicted octanol–water partition coefficient (Wildman–Crippen LogP) is 1.49. The van der Waals surface area contributed by atoms with Gasteiger partial charge in [-0.15, -0.1) is 0 Å². The number of likely N-dealkylation sites (N-methyl/N-ethyl adjacent to an activating group) is 1. The molecule has 0 aromatic heterocycles. The van der Waals surface area contributed by atoms with Crippen molar-refractivity contribution in [2.24, 2.45) is 0 Å². The Bertz CT molecular complexity index is 533. The van der Waals surface area contributed by atoms with E-state index in [2.05, 4.69) is 0 Å². The van der Waals surface area contributed by atoms with Gasteiger partial charge >= 0.3 is 0 Å². The number of nitrogens with zero attached hydrogens (tertiary/aromatic N) is 1. The molecule has 0 amide bonds. The van der Waals surface area contributed by atoms with Crippen molar-refractivity contribution < 1.29 is 18.3 Å². The fraction of sp³-hybridized carbons (Fsp3) is 0.500. The Morgan fingerprint density at radius 3 is 2.63 bits per heavy atom. The molecule has 1 rings (SSSR count). The number of aliphatic hydroxyl groups is 1. The molecule has 19 heavy (non-hydrogen) atoms. The van der Waals surface area contributed by atoms with E-state index >= 15 is 0 Å². The molecule has 0 radical (unpaired) electrons. The van der Waals surface area contributed by atoms with Crippen molar-refractivity contribution in [3.8, 4) is 0 Å². The molecule has 7 heteroatoms. The zero-order valence-electron chi connectivity index (χ0n) is 11.1. The van der Waals surface area contributed by atoms with Crippen LogP contribution in [-0.2, 0) is 21.4 Å². The van der Waals surface area contributed by atoms with Crippen molar-refractivity contribution in [3.63, 3.8) is 0 Å². The molecule has 1 aromatic rings. The van der Waals surface area contributed by atoms with Gasteiger partial charge in [-0.3, -0.25) is 0 Å². The van der Waals surface area contributed by atoms with Crippen LogP contribution in [0.4, 0.5) is 0 Å². The van der Waals surface area contributed by atoms with Gasteiger partial charge in [0.2, 0.25) is 10.0 Å². The van der Waals surface area contributed by atoms with Crippen LogP contribution in [0.25, 0.3) is 0 Å². The summed E-state index contributed by atoms with van der Waals surface area (Å²) < 4.78 is 30.9. The summed E-state index contributed by atoms with van der Waals surface area (Å²) in [6.07, 6.45) is 0. The second-order valence-electron chi connectivity index (χ2n) is 4.24. The first-order valence-electron chi connectivity index (χ1n) is 5.70. The third-order valence-corrected chi connectivity index (χ3v) is 5.23. The highest BCUT2D eigenvalue weighted by Gasteiger charge is 2.25. The average Bonchev–Trinajstić information content (AvgIpc) is 2.38. The van der Waals surface area contributed by atoms with E-state index in [0.29, 0.717) is 17.2 Å².